The Morgan fingerprint density at radius 2 is 2.20 bits per heavy atom. The van der Waals surface area contributed by atoms with Crippen molar-refractivity contribution in [3.63, 3.8) is 0 Å². The second kappa shape index (κ2) is 3.91. The van der Waals surface area contributed by atoms with E-state index in [1.807, 2.05) is 0 Å². The van der Waals surface area contributed by atoms with Crippen LogP contribution in [0.5, 0.6) is 11.5 Å². The van der Waals surface area contributed by atoms with Gasteiger partial charge in [0.15, 0.2) is 11.5 Å². The van der Waals surface area contributed by atoms with E-state index in [1.54, 1.807) is 30.3 Å². The van der Waals surface area contributed by atoms with Gasteiger partial charge in [0.25, 0.3) is 0 Å². The number of H-pyrrole nitrogens is 1. The highest BCUT2D eigenvalue weighted by Gasteiger charge is 2.02. The molecule has 0 unspecified atom stereocenters. The van der Waals surface area contributed by atoms with Gasteiger partial charge in [-0.1, -0.05) is 12.1 Å². The first-order valence-electron chi connectivity index (χ1n) is 4.46. The summed E-state index contributed by atoms with van der Waals surface area (Å²) in [6, 6.07) is 8.46. The van der Waals surface area contributed by atoms with Crippen molar-refractivity contribution in [3.8, 4) is 11.5 Å². The molecule has 2 rings (SSSR count). The Labute approximate surface area is 86.5 Å². The van der Waals surface area contributed by atoms with Gasteiger partial charge in [-0.05, 0) is 12.1 Å². The van der Waals surface area contributed by atoms with Crippen LogP contribution >= 0.6 is 0 Å². The second-order valence-corrected chi connectivity index (χ2v) is 3.07. The predicted octanol–water partition coefficient (Wildman–Crippen LogP) is 1.28. The molecule has 0 aliphatic carbocycles. The van der Waals surface area contributed by atoms with Crippen LogP contribution in [0.2, 0.25) is 0 Å². The number of nitrogens with two attached hydrogens (primary N) is 1. The van der Waals surface area contributed by atoms with Crippen LogP contribution < -0.4 is 10.5 Å². The summed E-state index contributed by atoms with van der Waals surface area (Å²) in [6.45, 7) is 0.293. The zero-order chi connectivity index (χ0) is 10.7. The maximum Gasteiger partial charge on any atom is 0.161 e. The molecule has 0 spiro atoms. The molecule has 0 saturated heterocycles. The molecule has 78 valence electrons. The molecular weight excluding hydrogens is 194 g/mol. The molecule has 5 nitrogen and oxygen atoms in total. The number of para-hydroxylation sites is 2. The molecule has 0 atom stereocenters. The van der Waals surface area contributed by atoms with E-state index in [2.05, 4.69) is 10.2 Å². The summed E-state index contributed by atoms with van der Waals surface area (Å²) in [6.07, 6.45) is 0. The molecule has 0 saturated carbocycles. The number of phenols is 1. The van der Waals surface area contributed by atoms with Crippen molar-refractivity contribution in [2.75, 3.05) is 5.73 Å². The molecule has 0 fully saturated rings. The van der Waals surface area contributed by atoms with E-state index < -0.39 is 0 Å². The van der Waals surface area contributed by atoms with Crippen molar-refractivity contribution >= 4 is 5.82 Å². The summed E-state index contributed by atoms with van der Waals surface area (Å²) in [5.41, 5.74) is 6.19. The van der Waals surface area contributed by atoms with Crippen molar-refractivity contribution in [3.05, 3.63) is 36.0 Å². The minimum atomic E-state index is 0.116. The smallest absolute Gasteiger partial charge is 0.161 e. The standard InChI is InChI=1S/C10H11N3O2/c11-10-5-7(12-13-10)6-15-9-4-2-1-3-8(9)14/h1-5,14H,6H2,(H3,11,12,13). The van der Waals surface area contributed by atoms with Crippen molar-refractivity contribution in [2.45, 2.75) is 6.61 Å². The molecule has 15 heavy (non-hydrogen) atoms. The van der Waals surface area contributed by atoms with E-state index in [4.69, 9.17) is 10.5 Å². The lowest BCUT2D eigenvalue weighted by atomic mass is 10.3. The Morgan fingerprint density at radius 3 is 2.87 bits per heavy atom. The minimum absolute atomic E-state index is 0.116. The number of aromatic nitrogens is 2. The second-order valence-electron chi connectivity index (χ2n) is 3.07. The van der Waals surface area contributed by atoms with E-state index in [9.17, 15) is 5.11 Å². The first-order valence-corrected chi connectivity index (χ1v) is 4.46. The predicted molar refractivity (Wildman–Crippen MR) is 55.4 cm³/mol. The van der Waals surface area contributed by atoms with Gasteiger partial charge >= 0.3 is 0 Å². The van der Waals surface area contributed by atoms with E-state index in [-0.39, 0.29) is 5.75 Å². The zero-order valence-electron chi connectivity index (χ0n) is 7.97. The Kier molecular flexibility index (Phi) is 2.45. The third kappa shape index (κ3) is 2.19. The molecule has 1 heterocycles. The van der Waals surface area contributed by atoms with Gasteiger partial charge in [0.2, 0.25) is 0 Å². The van der Waals surface area contributed by atoms with Crippen LogP contribution in [-0.2, 0) is 6.61 Å². The van der Waals surface area contributed by atoms with Crippen molar-refractivity contribution < 1.29 is 9.84 Å². The molecule has 0 radical (unpaired) electrons. The Bertz CT molecular complexity index is 453. The average molecular weight is 205 g/mol. The molecule has 4 N–H and O–H groups in total. The Balaban J connectivity index is 2.02. The lowest BCUT2D eigenvalue weighted by Crippen LogP contribution is -1.95. The number of nitrogens with one attached hydrogen (secondary N) is 1. The van der Waals surface area contributed by atoms with Gasteiger partial charge in [-0.2, -0.15) is 5.10 Å². The van der Waals surface area contributed by atoms with Crippen LogP contribution in [0, 0.1) is 0 Å². The maximum absolute atomic E-state index is 9.42. The van der Waals surface area contributed by atoms with Crippen LogP contribution in [0.4, 0.5) is 5.82 Å². The number of ether oxygens (including phenoxy) is 1. The minimum Gasteiger partial charge on any atom is -0.504 e. The highest BCUT2D eigenvalue weighted by Crippen LogP contribution is 2.25. The quantitative estimate of drug-likeness (QED) is 0.704. The SMILES string of the molecule is Nc1cc(COc2ccccc2O)[nH]n1. The summed E-state index contributed by atoms with van der Waals surface area (Å²) in [4.78, 5) is 0. The molecule has 0 aliphatic rings. The monoisotopic (exact) mass is 205 g/mol. The summed E-state index contributed by atoms with van der Waals surface area (Å²) >= 11 is 0. The summed E-state index contributed by atoms with van der Waals surface area (Å²) in [7, 11) is 0. The fourth-order valence-electron chi connectivity index (χ4n) is 1.19. The number of hydrogen-bond acceptors (Lipinski definition) is 4. The fraction of sp³-hybridized carbons (Fsp3) is 0.100. The van der Waals surface area contributed by atoms with Gasteiger partial charge < -0.3 is 15.6 Å². The average Bonchev–Trinajstić information content (AvgIpc) is 2.63. The fourth-order valence-corrected chi connectivity index (χ4v) is 1.19. The number of phenolic OH excluding ortho intramolecular Hbond substituents is 1. The highest BCUT2D eigenvalue weighted by molar-refractivity contribution is 5.38. The third-order valence-electron chi connectivity index (χ3n) is 1.90. The van der Waals surface area contributed by atoms with Crippen molar-refractivity contribution in [2.24, 2.45) is 0 Å². The first kappa shape index (κ1) is 9.39. The first-order chi connectivity index (χ1) is 7.25. The largest absolute Gasteiger partial charge is 0.504 e. The number of rotatable bonds is 3. The molecule has 1 aromatic carbocycles. The lowest BCUT2D eigenvalue weighted by molar-refractivity contribution is 0.285. The number of aromatic amines is 1. The molecule has 0 aliphatic heterocycles. The number of hydrogen-bond donors (Lipinski definition) is 3. The van der Waals surface area contributed by atoms with E-state index in [0.29, 0.717) is 18.2 Å². The van der Waals surface area contributed by atoms with Crippen LogP contribution in [0.3, 0.4) is 0 Å². The molecule has 0 amide bonds. The van der Waals surface area contributed by atoms with Crippen molar-refractivity contribution in [1.82, 2.24) is 10.2 Å². The number of nitrogens with zero attached hydrogens (tertiary/aromatic N) is 1. The van der Waals surface area contributed by atoms with Crippen LogP contribution in [0.15, 0.2) is 30.3 Å². The molecule has 1 aromatic heterocycles. The van der Waals surface area contributed by atoms with E-state index in [0.717, 1.165) is 5.69 Å². The van der Waals surface area contributed by atoms with Gasteiger partial charge in [0.05, 0.1) is 5.69 Å². The van der Waals surface area contributed by atoms with Crippen LogP contribution in [-0.4, -0.2) is 15.3 Å². The van der Waals surface area contributed by atoms with Gasteiger partial charge in [-0.3, -0.25) is 5.10 Å². The summed E-state index contributed by atoms with van der Waals surface area (Å²) in [5, 5.41) is 15.9. The molecular formula is C10H11N3O2. The van der Waals surface area contributed by atoms with Crippen molar-refractivity contribution in [1.29, 1.82) is 0 Å². The van der Waals surface area contributed by atoms with Gasteiger partial charge in [-0.25, -0.2) is 0 Å². The van der Waals surface area contributed by atoms with Gasteiger partial charge in [0, 0.05) is 6.07 Å². The lowest BCUT2D eigenvalue weighted by Gasteiger charge is -2.05. The number of anilines is 1. The van der Waals surface area contributed by atoms with E-state index in [1.165, 1.54) is 0 Å². The number of aromatic hydroxyl groups is 1. The van der Waals surface area contributed by atoms with Crippen LogP contribution in [0.25, 0.3) is 0 Å². The normalized spacial score (nSPS) is 10.1. The summed E-state index contributed by atoms with van der Waals surface area (Å²) in [5.74, 6) is 0.974. The Morgan fingerprint density at radius 1 is 1.40 bits per heavy atom. The third-order valence-corrected chi connectivity index (χ3v) is 1.90. The summed E-state index contributed by atoms with van der Waals surface area (Å²) < 4.78 is 5.36. The van der Waals surface area contributed by atoms with E-state index >= 15 is 0 Å². The van der Waals surface area contributed by atoms with Gasteiger partial charge in [0.1, 0.15) is 12.4 Å². The molecule has 0 bridgehead atoms. The number of benzene rings is 1. The Hall–Kier alpha value is -2.17. The molecule has 2 aromatic rings. The highest BCUT2D eigenvalue weighted by atomic mass is 16.5. The molecule has 5 heteroatoms. The maximum atomic E-state index is 9.42. The topological polar surface area (TPSA) is 84.2 Å². The number of nitrogen functional groups attached to an aromatic ring is 1. The van der Waals surface area contributed by atoms with Gasteiger partial charge in [-0.15, -0.1) is 0 Å². The van der Waals surface area contributed by atoms with Crippen LogP contribution in [0.1, 0.15) is 5.69 Å². The zero-order valence-corrected chi connectivity index (χ0v) is 7.97.